The van der Waals surface area contributed by atoms with E-state index in [9.17, 15) is 0 Å². The minimum atomic E-state index is 0.185. The van der Waals surface area contributed by atoms with E-state index in [1.807, 2.05) is 12.1 Å². The fourth-order valence-corrected chi connectivity index (χ4v) is 2.42. The van der Waals surface area contributed by atoms with E-state index in [0.717, 1.165) is 4.47 Å². The Morgan fingerprint density at radius 3 is 1.79 bits per heavy atom. The monoisotopic (exact) mass is 316 g/mol. The van der Waals surface area contributed by atoms with Crippen molar-refractivity contribution >= 4 is 94.1 Å². The SMILES string of the molecule is [B]c1c([B])c([B])c(-c2cccc(Br)c2Cl)c([B])c1[B]. The van der Waals surface area contributed by atoms with Crippen LogP contribution in [0, 0.1) is 0 Å². The summed E-state index contributed by atoms with van der Waals surface area (Å²) in [5.41, 5.74) is 2.27. The fourth-order valence-electron chi connectivity index (χ4n) is 1.84. The highest BCUT2D eigenvalue weighted by Crippen LogP contribution is 2.31. The summed E-state index contributed by atoms with van der Waals surface area (Å²) in [7, 11) is 29.4. The summed E-state index contributed by atoms with van der Waals surface area (Å²) in [6.45, 7) is 0. The number of hydrogen-bond acceptors (Lipinski definition) is 0. The van der Waals surface area contributed by atoms with Gasteiger partial charge in [-0.15, -0.1) is 16.4 Å². The van der Waals surface area contributed by atoms with Gasteiger partial charge in [0.2, 0.25) is 0 Å². The quantitative estimate of drug-likeness (QED) is 0.576. The largest absolute Gasteiger partial charge is 0.113 e. The van der Waals surface area contributed by atoms with Crippen molar-refractivity contribution in [1.29, 1.82) is 0 Å². The Hall–Kier alpha value is -0.465. The minimum Gasteiger partial charge on any atom is -0.112 e. The van der Waals surface area contributed by atoms with Gasteiger partial charge in [-0.2, -0.15) is 0 Å². The van der Waals surface area contributed by atoms with Crippen molar-refractivity contribution in [3.05, 3.63) is 27.7 Å². The van der Waals surface area contributed by atoms with Crippen molar-refractivity contribution in [2.45, 2.75) is 0 Å². The number of benzene rings is 2. The zero-order valence-corrected chi connectivity index (χ0v) is 12.2. The van der Waals surface area contributed by atoms with Gasteiger partial charge in [0.25, 0.3) is 0 Å². The molecule has 0 saturated carbocycles. The standard InChI is InChI=1S/C12H3B5BrCl/c13-7-6(4-2-1-3-5(18)12(4)19)8(14)10(16)11(17)9(7)15/h1-3H. The Labute approximate surface area is 132 Å². The fraction of sp³-hybridized carbons (Fsp3) is 0. The number of rotatable bonds is 1. The van der Waals surface area contributed by atoms with Crippen LogP contribution in [0.2, 0.25) is 5.02 Å². The zero-order valence-electron chi connectivity index (χ0n) is 9.87. The van der Waals surface area contributed by atoms with E-state index in [0.29, 0.717) is 16.1 Å². The van der Waals surface area contributed by atoms with E-state index >= 15 is 0 Å². The first kappa shape index (κ1) is 14.9. The molecule has 80 valence electrons. The molecule has 7 heteroatoms. The second-order valence-corrected chi connectivity index (χ2v) is 5.28. The van der Waals surface area contributed by atoms with Gasteiger partial charge in [-0.1, -0.05) is 34.7 Å². The van der Waals surface area contributed by atoms with Gasteiger partial charge < -0.3 is 0 Å². The molecule has 0 saturated heterocycles. The molecular weight excluding hydrogens is 314 g/mol. The predicted molar refractivity (Wildman–Crippen MR) is 91.5 cm³/mol. The summed E-state index contributed by atoms with van der Waals surface area (Å²) in [5.74, 6) is 0. The van der Waals surface area contributed by atoms with Crippen molar-refractivity contribution in [3.8, 4) is 11.1 Å². The van der Waals surface area contributed by atoms with Crippen molar-refractivity contribution < 1.29 is 0 Å². The van der Waals surface area contributed by atoms with Gasteiger partial charge in [-0.05, 0) is 27.6 Å². The summed E-state index contributed by atoms with van der Waals surface area (Å²) >= 11 is 9.59. The van der Waals surface area contributed by atoms with E-state index in [4.69, 9.17) is 50.8 Å². The topological polar surface area (TPSA) is 0 Å². The third kappa shape index (κ3) is 2.45. The van der Waals surface area contributed by atoms with Gasteiger partial charge in [0, 0.05) is 10.0 Å². The van der Waals surface area contributed by atoms with Gasteiger partial charge in [0.15, 0.2) is 0 Å². The first-order valence-corrected chi connectivity index (χ1v) is 6.49. The van der Waals surface area contributed by atoms with Crippen LogP contribution in [-0.4, -0.2) is 39.2 Å². The van der Waals surface area contributed by atoms with Crippen molar-refractivity contribution in [2.24, 2.45) is 0 Å². The second kappa shape index (κ2) is 5.50. The first-order chi connectivity index (χ1) is 8.86. The normalized spacial score (nSPS) is 10.6. The van der Waals surface area contributed by atoms with Gasteiger partial charge in [0.05, 0.1) is 5.02 Å². The van der Waals surface area contributed by atoms with Crippen molar-refractivity contribution in [1.82, 2.24) is 0 Å². The van der Waals surface area contributed by atoms with E-state index in [-0.39, 0.29) is 27.3 Å². The molecule has 19 heavy (non-hydrogen) atoms. The molecule has 0 unspecified atom stereocenters. The molecule has 2 aromatic rings. The van der Waals surface area contributed by atoms with Crippen LogP contribution in [-0.2, 0) is 0 Å². The molecule has 0 N–H and O–H groups in total. The lowest BCUT2D eigenvalue weighted by Gasteiger charge is -2.22. The smallest absolute Gasteiger partial charge is 0.112 e. The maximum atomic E-state index is 6.25. The van der Waals surface area contributed by atoms with Crippen LogP contribution in [0.3, 0.4) is 0 Å². The minimum absolute atomic E-state index is 0.185. The Morgan fingerprint density at radius 1 is 0.789 bits per heavy atom. The summed E-state index contributed by atoms with van der Waals surface area (Å²) in [4.78, 5) is 0. The molecule has 0 aliphatic carbocycles. The van der Waals surface area contributed by atoms with Gasteiger partial charge in [-0.3, -0.25) is 0 Å². The summed E-state index contributed by atoms with van der Waals surface area (Å²) in [6.07, 6.45) is 0. The Kier molecular flexibility index (Phi) is 4.32. The van der Waals surface area contributed by atoms with Crippen LogP contribution in [0.1, 0.15) is 0 Å². The third-order valence-corrected chi connectivity index (χ3v) is 4.22. The maximum Gasteiger partial charge on any atom is 0.113 e. The summed E-state index contributed by atoms with van der Waals surface area (Å²) < 4.78 is 0.722. The van der Waals surface area contributed by atoms with Crippen LogP contribution in [0.4, 0.5) is 0 Å². The molecule has 0 heterocycles. The molecule has 10 radical (unpaired) electrons. The van der Waals surface area contributed by atoms with Gasteiger partial charge in [0.1, 0.15) is 39.2 Å². The van der Waals surface area contributed by atoms with Crippen molar-refractivity contribution in [3.63, 3.8) is 0 Å². The maximum absolute atomic E-state index is 6.25. The lowest BCUT2D eigenvalue weighted by molar-refractivity contribution is 1.64. The van der Waals surface area contributed by atoms with E-state index in [1.165, 1.54) is 0 Å². The molecule has 0 spiro atoms. The molecule has 0 aromatic heterocycles. The highest BCUT2D eigenvalue weighted by atomic mass is 79.9. The van der Waals surface area contributed by atoms with E-state index in [1.54, 1.807) is 6.07 Å². The molecule has 0 nitrogen and oxygen atoms in total. The van der Waals surface area contributed by atoms with Crippen LogP contribution >= 0.6 is 27.5 Å². The van der Waals surface area contributed by atoms with Gasteiger partial charge in [-0.25, -0.2) is 0 Å². The highest BCUT2D eigenvalue weighted by Gasteiger charge is 2.15. The molecule has 0 aliphatic rings. The average Bonchev–Trinajstić information content (AvgIpc) is 2.39. The van der Waals surface area contributed by atoms with Crippen LogP contribution in [0.15, 0.2) is 22.7 Å². The Balaban J connectivity index is 2.87. The lowest BCUT2D eigenvalue weighted by atomic mass is 9.59. The second-order valence-electron chi connectivity index (χ2n) is 4.04. The molecule has 0 fully saturated rings. The number of halogens is 2. The molecular formula is C12H3B5BrCl. The Bertz CT molecular complexity index is 643. The molecule has 0 amide bonds. The summed E-state index contributed by atoms with van der Waals surface area (Å²) in [5, 5.41) is 0.476. The molecule has 0 bridgehead atoms. The van der Waals surface area contributed by atoms with E-state index in [2.05, 4.69) is 15.9 Å². The van der Waals surface area contributed by atoms with E-state index < -0.39 is 0 Å². The first-order valence-electron chi connectivity index (χ1n) is 5.32. The molecule has 2 aromatic carbocycles. The van der Waals surface area contributed by atoms with Gasteiger partial charge >= 0.3 is 0 Å². The lowest BCUT2D eigenvalue weighted by Crippen LogP contribution is -2.55. The number of hydrogen-bond donors (Lipinski definition) is 0. The van der Waals surface area contributed by atoms with Crippen molar-refractivity contribution in [2.75, 3.05) is 0 Å². The summed E-state index contributed by atoms with van der Waals surface area (Å²) in [6, 6.07) is 5.40. The third-order valence-electron chi connectivity index (χ3n) is 2.92. The molecule has 0 aliphatic heterocycles. The average molecular weight is 317 g/mol. The van der Waals surface area contributed by atoms with Crippen LogP contribution in [0.25, 0.3) is 11.1 Å². The van der Waals surface area contributed by atoms with Crippen LogP contribution in [0.5, 0.6) is 0 Å². The zero-order chi connectivity index (χ0) is 14.3. The highest BCUT2D eigenvalue weighted by molar-refractivity contribution is 9.10. The molecule has 2 rings (SSSR count). The molecule has 0 atom stereocenters. The van der Waals surface area contributed by atoms with Crippen LogP contribution < -0.4 is 27.3 Å². The predicted octanol–water partition coefficient (Wildman–Crippen LogP) is -1.26. The Morgan fingerprint density at radius 2 is 1.26 bits per heavy atom.